The fourth-order valence-corrected chi connectivity index (χ4v) is 2.88. The summed E-state index contributed by atoms with van der Waals surface area (Å²) in [5.74, 6) is -0.839. The van der Waals surface area contributed by atoms with E-state index in [1.807, 2.05) is 13.8 Å². The number of nitrogens with one attached hydrogen (secondary N) is 1. The highest BCUT2D eigenvalue weighted by molar-refractivity contribution is 8.00. The number of benzene rings is 1. The Kier molecular flexibility index (Phi) is 6.73. The standard InChI is InChI=1S/C17H19F3N6O2S/c1-10(2)16(4,9-21)22-14(27)11(3)29-15-23-24-25-26(15)12-5-7-13(8-6-12)28-17(18,19)20/h5-8,10-11H,1-4H3,(H,22,27). The van der Waals surface area contributed by atoms with Gasteiger partial charge in [0.25, 0.3) is 0 Å². The van der Waals surface area contributed by atoms with Crippen molar-refractivity contribution in [3.63, 3.8) is 0 Å². The van der Waals surface area contributed by atoms with E-state index in [-0.39, 0.29) is 22.7 Å². The molecule has 1 amide bonds. The molecule has 0 aliphatic heterocycles. The van der Waals surface area contributed by atoms with Crippen molar-refractivity contribution in [3.8, 4) is 17.5 Å². The number of hydrogen-bond donors (Lipinski definition) is 1. The third kappa shape index (κ3) is 5.83. The van der Waals surface area contributed by atoms with Gasteiger partial charge in [0.2, 0.25) is 11.1 Å². The van der Waals surface area contributed by atoms with Gasteiger partial charge in [0.05, 0.1) is 17.0 Å². The van der Waals surface area contributed by atoms with Crippen LogP contribution in [0.1, 0.15) is 27.7 Å². The maximum atomic E-state index is 12.5. The molecule has 1 N–H and O–H groups in total. The second-order valence-corrected chi connectivity index (χ2v) is 7.94. The Bertz CT molecular complexity index is 894. The molecule has 12 heteroatoms. The highest BCUT2D eigenvalue weighted by Gasteiger charge is 2.33. The zero-order chi connectivity index (χ0) is 21.8. The number of alkyl halides is 3. The van der Waals surface area contributed by atoms with E-state index in [9.17, 15) is 23.2 Å². The molecule has 2 aromatic rings. The minimum absolute atomic E-state index is 0.101. The number of tetrazole rings is 1. The number of amides is 1. The molecule has 29 heavy (non-hydrogen) atoms. The Labute approximate surface area is 169 Å². The van der Waals surface area contributed by atoms with Gasteiger partial charge in [0.15, 0.2) is 0 Å². The lowest BCUT2D eigenvalue weighted by Crippen LogP contribution is -2.51. The van der Waals surface area contributed by atoms with Crippen molar-refractivity contribution in [3.05, 3.63) is 24.3 Å². The number of nitriles is 1. The number of thioether (sulfide) groups is 1. The van der Waals surface area contributed by atoms with Crippen LogP contribution in [0, 0.1) is 17.2 Å². The first kappa shape index (κ1) is 22.5. The number of carbonyl (C=O) groups is 1. The van der Waals surface area contributed by atoms with Crippen LogP contribution in [0.3, 0.4) is 0 Å². The normalized spacial score (nSPS) is 14.7. The molecule has 1 heterocycles. The Balaban J connectivity index is 2.12. The average Bonchev–Trinajstić information content (AvgIpc) is 3.08. The summed E-state index contributed by atoms with van der Waals surface area (Å²) in [7, 11) is 0. The zero-order valence-corrected chi connectivity index (χ0v) is 16.9. The van der Waals surface area contributed by atoms with E-state index >= 15 is 0 Å². The number of nitrogens with zero attached hydrogens (tertiary/aromatic N) is 5. The van der Waals surface area contributed by atoms with Crippen LogP contribution in [-0.2, 0) is 4.79 Å². The van der Waals surface area contributed by atoms with Crippen molar-refractivity contribution < 1.29 is 22.7 Å². The first-order valence-electron chi connectivity index (χ1n) is 8.49. The molecule has 0 aliphatic carbocycles. The van der Waals surface area contributed by atoms with E-state index in [1.165, 1.54) is 16.8 Å². The summed E-state index contributed by atoms with van der Waals surface area (Å²) in [5.41, 5.74) is -0.629. The second kappa shape index (κ2) is 8.69. The van der Waals surface area contributed by atoms with Crippen LogP contribution in [0.4, 0.5) is 13.2 Å². The average molecular weight is 428 g/mol. The first-order chi connectivity index (χ1) is 13.4. The predicted molar refractivity (Wildman–Crippen MR) is 98.2 cm³/mol. The fourth-order valence-electron chi connectivity index (χ4n) is 2.07. The van der Waals surface area contributed by atoms with Gasteiger partial charge in [-0.1, -0.05) is 25.6 Å². The van der Waals surface area contributed by atoms with Gasteiger partial charge >= 0.3 is 6.36 Å². The molecule has 156 valence electrons. The monoisotopic (exact) mass is 428 g/mol. The quantitative estimate of drug-likeness (QED) is 0.676. The lowest BCUT2D eigenvalue weighted by molar-refractivity contribution is -0.274. The van der Waals surface area contributed by atoms with Crippen LogP contribution in [0.15, 0.2) is 29.4 Å². The lowest BCUT2D eigenvalue weighted by Gasteiger charge is -2.28. The Morgan fingerprint density at radius 1 is 1.28 bits per heavy atom. The molecule has 0 bridgehead atoms. The predicted octanol–water partition coefficient (Wildman–Crippen LogP) is 3.10. The van der Waals surface area contributed by atoms with Crippen molar-refractivity contribution in [1.82, 2.24) is 25.5 Å². The van der Waals surface area contributed by atoms with Gasteiger partial charge in [0.1, 0.15) is 11.3 Å². The number of carbonyl (C=O) groups excluding carboxylic acids is 1. The SMILES string of the molecule is CC(Sc1nnnn1-c1ccc(OC(F)(F)F)cc1)C(=O)NC(C)(C#N)C(C)C. The molecule has 2 rings (SSSR count). The second-order valence-electron chi connectivity index (χ2n) is 6.63. The summed E-state index contributed by atoms with van der Waals surface area (Å²) in [5, 5.41) is 22.9. The molecule has 0 fully saturated rings. The molecule has 2 atom stereocenters. The molecule has 2 unspecified atom stereocenters. The maximum Gasteiger partial charge on any atom is 0.573 e. The minimum atomic E-state index is -4.78. The van der Waals surface area contributed by atoms with Gasteiger partial charge in [-0.15, -0.1) is 18.3 Å². The van der Waals surface area contributed by atoms with E-state index in [0.717, 1.165) is 23.9 Å². The van der Waals surface area contributed by atoms with E-state index < -0.39 is 17.2 Å². The Morgan fingerprint density at radius 3 is 2.41 bits per heavy atom. The molecule has 0 aliphatic rings. The zero-order valence-electron chi connectivity index (χ0n) is 16.1. The number of hydrogen-bond acceptors (Lipinski definition) is 7. The van der Waals surface area contributed by atoms with Crippen LogP contribution in [-0.4, -0.2) is 43.3 Å². The van der Waals surface area contributed by atoms with Crippen LogP contribution in [0.25, 0.3) is 5.69 Å². The highest BCUT2D eigenvalue weighted by atomic mass is 32.2. The summed E-state index contributed by atoms with van der Waals surface area (Å²) in [6.45, 7) is 6.93. The fraction of sp³-hybridized carbons (Fsp3) is 0.471. The Morgan fingerprint density at radius 2 is 1.90 bits per heavy atom. The third-order valence-corrected chi connectivity index (χ3v) is 5.21. The minimum Gasteiger partial charge on any atom is -0.406 e. The van der Waals surface area contributed by atoms with Crippen molar-refractivity contribution in [2.75, 3.05) is 0 Å². The smallest absolute Gasteiger partial charge is 0.406 e. The largest absolute Gasteiger partial charge is 0.573 e. The van der Waals surface area contributed by atoms with E-state index in [0.29, 0.717) is 5.69 Å². The van der Waals surface area contributed by atoms with E-state index in [1.54, 1.807) is 13.8 Å². The van der Waals surface area contributed by atoms with Crippen LogP contribution in [0.5, 0.6) is 5.75 Å². The summed E-state index contributed by atoms with van der Waals surface area (Å²) in [6.07, 6.45) is -4.78. The van der Waals surface area contributed by atoms with Gasteiger partial charge in [-0.3, -0.25) is 4.79 Å². The third-order valence-electron chi connectivity index (χ3n) is 4.18. The highest BCUT2D eigenvalue weighted by Crippen LogP contribution is 2.27. The number of aromatic nitrogens is 4. The van der Waals surface area contributed by atoms with Crippen LogP contribution < -0.4 is 10.1 Å². The topological polar surface area (TPSA) is 106 Å². The maximum absolute atomic E-state index is 12.5. The van der Waals surface area contributed by atoms with Gasteiger partial charge in [-0.25, -0.2) is 0 Å². The molecule has 1 aromatic carbocycles. The summed E-state index contributed by atoms with van der Waals surface area (Å²) >= 11 is 1.05. The van der Waals surface area contributed by atoms with Crippen LogP contribution in [0.2, 0.25) is 0 Å². The van der Waals surface area contributed by atoms with Crippen molar-refractivity contribution in [2.45, 2.75) is 50.0 Å². The Hall–Kier alpha value is -2.81. The summed E-state index contributed by atoms with van der Waals surface area (Å²) < 4.78 is 41.9. The molecule has 8 nitrogen and oxygen atoms in total. The molecular formula is C17H19F3N6O2S. The molecule has 1 aromatic heterocycles. The first-order valence-corrected chi connectivity index (χ1v) is 9.37. The summed E-state index contributed by atoms with van der Waals surface area (Å²) in [6, 6.07) is 7.09. The number of halogens is 3. The van der Waals surface area contributed by atoms with E-state index in [4.69, 9.17) is 0 Å². The van der Waals surface area contributed by atoms with Gasteiger partial charge < -0.3 is 10.1 Å². The lowest BCUT2D eigenvalue weighted by atomic mass is 9.90. The van der Waals surface area contributed by atoms with Crippen molar-refractivity contribution in [1.29, 1.82) is 5.26 Å². The van der Waals surface area contributed by atoms with E-state index in [2.05, 4.69) is 31.6 Å². The summed E-state index contributed by atoms with van der Waals surface area (Å²) in [4.78, 5) is 12.5. The number of rotatable bonds is 7. The molecular weight excluding hydrogens is 409 g/mol. The van der Waals surface area contributed by atoms with Crippen LogP contribution >= 0.6 is 11.8 Å². The molecule has 0 spiro atoms. The van der Waals surface area contributed by atoms with Crippen molar-refractivity contribution >= 4 is 17.7 Å². The molecule has 0 saturated carbocycles. The molecule has 0 radical (unpaired) electrons. The van der Waals surface area contributed by atoms with Gasteiger partial charge in [-0.2, -0.15) is 9.94 Å². The molecule has 0 saturated heterocycles. The van der Waals surface area contributed by atoms with Gasteiger partial charge in [-0.05, 0) is 54.5 Å². The van der Waals surface area contributed by atoms with Crippen molar-refractivity contribution in [2.24, 2.45) is 5.92 Å². The number of ether oxygens (including phenoxy) is 1. The van der Waals surface area contributed by atoms with Gasteiger partial charge in [0, 0.05) is 0 Å².